The van der Waals surface area contributed by atoms with Gasteiger partial charge in [-0.15, -0.1) is 0 Å². The lowest BCUT2D eigenvalue weighted by Gasteiger charge is -2.01. The van der Waals surface area contributed by atoms with Crippen LogP contribution in [0.5, 0.6) is 0 Å². The molecule has 0 saturated heterocycles. The SMILES string of the molecule is COC(=O)CCCCCC1=CC(C)CC1=O. The first kappa shape index (κ1) is 12.9. The first-order valence-corrected chi connectivity index (χ1v) is 5.94. The molecule has 0 radical (unpaired) electrons. The van der Waals surface area contributed by atoms with Crippen LogP contribution in [0.1, 0.15) is 45.4 Å². The standard InChI is InChI=1S/C13H20O3/c1-10-8-11(12(14)9-10)6-4-3-5-7-13(15)16-2/h8,10H,3-7,9H2,1-2H3. The highest BCUT2D eigenvalue weighted by molar-refractivity contribution is 5.97. The Balaban J connectivity index is 2.10. The predicted octanol–water partition coefficient (Wildman–Crippen LogP) is 2.65. The Bertz CT molecular complexity index is 292. The second-order valence-electron chi connectivity index (χ2n) is 4.43. The van der Waals surface area contributed by atoms with Crippen molar-refractivity contribution in [2.24, 2.45) is 5.92 Å². The molecule has 0 aromatic carbocycles. The number of esters is 1. The fourth-order valence-corrected chi connectivity index (χ4v) is 2.01. The molecule has 16 heavy (non-hydrogen) atoms. The largest absolute Gasteiger partial charge is 0.469 e. The zero-order valence-electron chi connectivity index (χ0n) is 10.1. The van der Waals surface area contributed by atoms with Crippen molar-refractivity contribution < 1.29 is 14.3 Å². The van der Waals surface area contributed by atoms with Gasteiger partial charge in [-0.05, 0) is 30.8 Å². The third kappa shape index (κ3) is 4.17. The number of ether oxygens (including phenoxy) is 1. The number of ketones is 1. The molecule has 0 spiro atoms. The minimum Gasteiger partial charge on any atom is -0.469 e. The summed E-state index contributed by atoms with van der Waals surface area (Å²) in [6, 6.07) is 0. The van der Waals surface area contributed by atoms with Crippen molar-refractivity contribution in [1.29, 1.82) is 0 Å². The van der Waals surface area contributed by atoms with Crippen LogP contribution in [0.3, 0.4) is 0 Å². The summed E-state index contributed by atoms with van der Waals surface area (Å²) >= 11 is 0. The molecule has 0 N–H and O–H groups in total. The first-order chi connectivity index (χ1) is 7.63. The molecule has 0 heterocycles. The van der Waals surface area contributed by atoms with E-state index in [1.54, 1.807) is 0 Å². The second-order valence-corrected chi connectivity index (χ2v) is 4.43. The van der Waals surface area contributed by atoms with Gasteiger partial charge in [-0.3, -0.25) is 9.59 Å². The molecule has 0 bridgehead atoms. The van der Waals surface area contributed by atoms with E-state index in [1.807, 2.05) is 0 Å². The third-order valence-electron chi connectivity index (χ3n) is 2.91. The monoisotopic (exact) mass is 224 g/mol. The number of rotatable bonds is 6. The molecule has 1 rings (SSSR count). The molecule has 0 aromatic rings. The fraction of sp³-hybridized carbons (Fsp3) is 0.692. The molecule has 0 aliphatic heterocycles. The summed E-state index contributed by atoms with van der Waals surface area (Å²) in [5, 5.41) is 0. The van der Waals surface area contributed by atoms with Crippen LogP contribution in [0.4, 0.5) is 0 Å². The van der Waals surface area contributed by atoms with Crippen molar-refractivity contribution >= 4 is 11.8 Å². The molecule has 1 aliphatic carbocycles. The van der Waals surface area contributed by atoms with Crippen molar-refractivity contribution in [3.05, 3.63) is 11.6 Å². The Morgan fingerprint density at radius 1 is 1.44 bits per heavy atom. The number of methoxy groups -OCH3 is 1. The molecule has 3 nitrogen and oxygen atoms in total. The van der Waals surface area contributed by atoms with Gasteiger partial charge in [-0.2, -0.15) is 0 Å². The van der Waals surface area contributed by atoms with Gasteiger partial charge in [0, 0.05) is 12.8 Å². The van der Waals surface area contributed by atoms with Gasteiger partial charge in [-0.1, -0.05) is 19.4 Å². The summed E-state index contributed by atoms with van der Waals surface area (Å²) in [6.45, 7) is 2.07. The second kappa shape index (κ2) is 6.46. The van der Waals surface area contributed by atoms with E-state index >= 15 is 0 Å². The normalized spacial score (nSPS) is 19.8. The quantitative estimate of drug-likeness (QED) is 0.514. The number of carbonyl (C=O) groups is 2. The van der Waals surface area contributed by atoms with Crippen LogP contribution in [-0.2, 0) is 14.3 Å². The number of allylic oxidation sites excluding steroid dienone is 2. The Hall–Kier alpha value is -1.12. The summed E-state index contributed by atoms with van der Waals surface area (Å²) in [4.78, 5) is 22.3. The van der Waals surface area contributed by atoms with E-state index in [1.165, 1.54) is 7.11 Å². The maximum absolute atomic E-state index is 11.5. The van der Waals surface area contributed by atoms with Gasteiger partial charge in [0.2, 0.25) is 0 Å². The van der Waals surface area contributed by atoms with Gasteiger partial charge in [-0.25, -0.2) is 0 Å². The van der Waals surface area contributed by atoms with Gasteiger partial charge in [0.1, 0.15) is 0 Å². The summed E-state index contributed by atoms with van der Waals surface area (Å²) in [5.41, 5.74) is 0.991. The summed E-state index contributed by atoms with van der Waals surface area (Å²) in [6.07, 6.45) is 6.93. The highest BCUT2D eigenvalue weighted by Gasteiger charge is 2.19. The molecule has 1 unspecified atom stereocenters. The lowest BCUT2D eigenvalue weighted by Crippen LogP contribution is -2.00. The number of unbranched alkanes of at least 4 members (excludes halogenated alkanes) is 2. The summed E-state index contributed by atoms with van der Waals surface area (Å²) in [5.74, 6) is 0.572. The highest BCUT2D eigenvalue weighted by atomic mass is 16.5. The van der Waals surface area contributed by atoms with Gasteiger partial charge < -0.3 is 4.74 Å². The molecule has 0 aromatic heterocycles. The van der Waals surface area contributed by atoms with E-state index < -0.39 is 0 Å². The van der Waals surface area contributed by atoms with E-state index in [2.05, 4.69) is 17.7 Å². The van der Waals surface area contributed by atoms with E-state index in [-0.39, 0.29) is 5.97 Å². The van der Waals surface area contributed by atoms with Crippen LogP contribution < -0.4 is 0 Å². The van der Waals surface area contributed by atoms with Crippen molar-refractivity contribution in [3.8, 4) is 0 Å². The summed E-state index contributed by atoms with van der Waals surface area (Å²) in [7, 11) is 1.41. The smallest absolute Gasteiger partial charge is 0.305 e. The Morgan fingerprint density at radius 2 is 2.19 bits per heavy atom. The maximum atomic E-state index is 11.5. The van der Waals surface area contributed by atoms with Crippen LogP contribution in [0.25, 0.3) is 0 Å². The van der Waals surface area contributed by atoms with Crippen LogP contribution in [-0.4, -0.2) is 18.9 Å². The minimum atomic E-state index is -0.148. The highest BCUT2D eigenvalue weighted by Crippen LogP contribution is 2.24. The average molecular weight is 224 g/mol. The molecule has 3 heteroatoms. The number of hydrogen-bond donors (Lipinski definition) is 0. The Labute approximate surface area is 96.9 Å². The zero-order valence-corrected chi connectivity index (χ0v) is 10.1. The zero-order chi connectivity index (χ0) is 12.0. The number of Topliss-reactive ketones (excluding diaryl/α,β-unsaturated/α-hetero) is 1. The van der Waals surface area contributed by atoms with E-state index in [0.29, 0.717) is 24.5 Å². The molecule has 0 fully saturated rings. The third-order valence-corrected chi connectivity index (χ3v) is 2.91. The Morgan fingerprint density at radius 3 is 2.75 bits per heavy atom. The lowest BCUT2D eigenvalue weighted by atomic mass is 10.1. The maximum Gasteiger partial charge on any atom is 0.305 e. The molecule has 0 saturated carbocycles. The molecule has 0 amide bonds. The lowest BCUT2D eigenvalue weighted by molar-refractivity contribution is -0.140. The minimum absolute atomic E-state index is 0.148. The van der Waals surface area contributed by atoms with Gasteiger partial charge in [0.15, 0.2) is 5.78 Å². The van der Waals surface area contributed by atoms with Crippen LogP contribution >= 0.6 is 0 Å². The van der Waals surface area contributed by atoms with Crippen LogP contribution in [0.2, 0.25) is 0 Å². The molecular weight excluding hydrogens is 204 g/mol. The van der Waals surface area contributed by atoms with Crippen molar-refractivity contribution in [2.45, 2.75) is 45.4 Å². The first-order valence-electron chi connectivity index (χ1n) is 5.94. The predicted molar refractivity (Wildman–Crippen MR) is 62.0 cm³/mol. The van der Waals surface area contributed by atoms with Crippen molar-refractivity contribution in [1.82, 2.24) is 0 Å². The Kier molecular flexibility index (Phi) is 5.23. The van der Waals surface area contributed by atoms with E-state index in [9.17, 15) is 9.59 Å². The average Bonchev–Trinajstić information content (AvgIpc) is 2.56. The number of carbonyl (C=O) groups excluding carboxylic acids is 2. The number of hydrogen-bond acceptors (Lipinski definition) is 3. The van der Waals surface area contributed by atoms with E-state index in [4.69, 9.17) is 0 Å². The molecule has 1 atom stereocenters. The van der Waals surface area contributed by atoms with Gasteiger partial charge in [0.05, 0.1) is 7.11 Å². The van der Waals surface area contributed by atoms with Crippen LogP contribution in [0.15, 0.2) is 11.6 Å². The van der Waals surface area contributed by atoms with Crippen LogP contribution in [0, 0.1) is 5.92 Å². The van der Waals surface area contributed by atoms with Crippen molar-refractivity contribution in [3.63, 3.8) is 0 Å². The molecular formula is C13H20O3. The van der Waals surface area contributed by atoms with Crippen molar-refractivity contribution in [2.75, 3.05) is 7.11 Å². The topological polar surface area (TPSA) is 43.4 Å². The van der Waals surface area contributed by atoms with E-state index in [0.717, 1.165) is 31.3 Å². The summed E-state index contributed by atoms with van der Waals surface area (Å²) < 4.78 is 4.56. The fourth-order valence-electron chi connectivity index (χ4n) is 2.01. The molecule has 1 aliphatic rings. The van der Waals surface area contributed by atoms with Gasteiger partial charge >= 0.3 is 5.97 Å². The van der Waals surface area contributed by atoms with Gasteiger partial charge in [0.25, 0.3) is 0 Å². The molecule has 90 valence electrons.